The normalized spacial score (nSPS) is 12.6. The second kappa shape index (κ2) is 5.85. The van der Waals surface area contributed by atoms with E-state index in [9.17, 15) is 4.39 Å². The van der Waals surface area contributed by atoms with Crippen LogP contribution in [-0.2, 0) is 6.54 Å². The summed E-state index contributed by atoms with van der Waals surface area (Å²) in [5.74, 6) is -0.176. The zero-order chi connectivity index (χ0) is 12.1. The Morgan fingerprint density at radius 1 is 1.38 bits per heavy atom. The lowest BCUT2D eigenvalue weighted by Crippen LogP contribution is -2.34. The highest BCUT2D eigenvalue weighted by atomic mass is 19.1. The van der Waals surface area contributed by atoms with Crippen LogP contribution in [0.25, 0.3) is 0 Å². The molecule has 0 aliphatic rings. The summed E-state index contributed by atoms with van der Waals surface area (Å²) in [6, 6.07) is 5.43. The topological polar surface area (TPSA) is 29.3 Å². The fourth-order valence-electron chi connectivity index (χ4n) is 1.96. The summed E-state index contributed by atoms with van der Waals surface area (Å²) < 4.78 is 13.9. The predicted octanol–water partition coefficient (Wildman–Crippen LogP) is 2.91. The fourth-order valence-corrected chi connectivity index (χ4v) is 1.96. The van der Waals surface area contributed by atoms with Gasteiger partial charge in [-0.3, -0.25) is 0 Å². The molecule has 2 N–H and O–H groups in total. The summed E-state index contributed by atoms with van der Waals surface area (Å²) in [5, 5.41) is 0. The SMILES string of the molecule is CCC(C)N(CC)c1c(F)cccc1CN. The van der Waals surface area contributed by atoms with Gasteiger partial charge in [0.05, 0.1) is 5.69 Å². The smallest absolute Gasteiger partial charge is 0.146 e. The molecule has 0 spiro atoms. The van der Waals surface area contributed by atoms with Crippen molar-refractivity contribution in [3.05, 3.63) is 29.6 Å². The van der Waals surface area contributed by atoms with E-state index in [0.717, 1.165) is 18.5 Å². The number of nitrogens with two attached hydrogens (primary N) is 1. The molecule has 0 saturated heterocycles. The van der Waals surface area contributed by atoms with E-state index in [0.29, 0.717) is 18.3 Å². The van der Waals surface area contributed by atoms with Gasteiger partial charge in [-0.05, 0) is 31.9 Å². The lowest BCUT2D eigenvalue weighted by molar-refractivity contribution is 0.580. The molecule has 0 aliphatic carbocycles. The molecule has 0 heterocycles. The summed E-state index contributed by atoms with van der Waals surface area (Å²) in [5.41, 5.74) is 7.21. The lowest BCUT2D eigenvalue weighted by atomic mass is 10.1. The molecular weight excluding hydrogens is 203 g/mol. The monoisotopic (exact) mass is 224 g/mol. The Morgan fingerprint density at radius 2 is 2.06 bits per heavy atom. The van der Waals surface area contributed by atoms with Gasteiger partial charge in [0.15, 0.2) is 0 Å². The minimum absolute atomic E-state index is 0.176. The Hall–Kier alpha value is -1.09. The average molecular weight is 224 g/mol. The molecule has 0 amide bonds. The number of hydrogen-bond donors (Lipinski definition) is 1. The number of para-hydroxylation sites is 1. The highest BCUT2D eigenvalue weighted by Gasteiger charge is 2.17. The Bertz CT molecular complexity index is 339. The van der Waals surface area contributed by atoms with E-state index in [1.165, 1.54) is 6.07 Å². The first-order valence-electron chi connectivity index (χ1n) is 5.89. The molecule has 16 heavy (non-hydrogen) atoms. The maximum atomic E-state index is 13.9. The molecule has 1 aromatic rings. The van der Waals surface area contributed by atoms with Gasteiger partial charge < -0.3 is 10.6 Å². The minimum atomic E-state index is -0.176. The molecule has 90 valence electrons. The van der Waals surface area contributed by atoms with Crippen LogP contribution in [0.3, 0.4) is 0 Å². The number of halogens is 1. The molecule has 1 aromatic carbocycles. The Labute approximate surface area is 97.3 Å². The van der Waals surface area contributed by atoms with Gasteiger partial charge in [-0.25, -0.2) is 4.39 Å². The number of anilines is 1. The third-order valence-corrected chi connectivity index (χ3v) is 3.04. The van der Waals surface area contributed by atoms with E-state index in [1.54, 1.807) is 6.07 Å². The van der Waals surface area contributed by atoms with E-state index in [2.05, 4.69) is 18.7 Å². The molecule has 0 bridgehead atoms. The number of rotatable bonds is 5. The maximum absolute atomic E-state index is 13.9. The van der Waals surface area contributed by atoms with Crippen molar-refractivity contribution in [2.75, 3.05) is 11.4 Å². The van der Waals surface area contributed by atoms with Crippen molar-refractivity contribution in [1.29, 1.82) is 0 Å². The van der Waals surface area contributed by atoms with Crippen molar-refractivity contribution in [3.8, 4) is 0 Å². The van der Waals surface area contributed by atoms with E-state index >= 15 is 0 Å². The summed E-state index contributed by atoms with van der Waals surface area (Å²) in [7, 11) is 0. The van der Waals surface area contributed by atoms with Gasteiger partial charge in [-0.15, -0.1) is 0 Å². The molecule has 0 aromatic heterocycles. The quantitative estimate of drug-likeness (QED) is 0.833. The third kappa shape index (κ3) is 2.53. The summed E-state index contributed by atoms with van der Waals surface area (Å²) >= 11 is 0. The molecule has 1 atom stereocenters. The van der Waals surface area contributed by atoms with Crippen molar-refractivity contribution >= 4 is 5.69 Å². The van der Waals surface area contributed by atoms with Gasteiger partial charge in [0.1, 0.15) is 5.82 Å². The van der Waals surface area contributed by atoms with Crippen LogP contribution in [0.5, 0.6) is 0 Å². The van der Waals surface area contributed by atoms with E-state index in [1.807, 2.05) is 13.0 Å². The molecule has 0 radical (unpaired) electrons. The van der Waals surface area contributed by atoms with Gasteiger partial charge in [-0.1, -0.05) is 19.1 Å². The van der Waals surface area contributed by atoms with Gasteiger partial charge in [0.2, 0.25) is 0 Å². The molecule has 0 saturated carbocycles. The van der Waals surface area contributed by atoms with Gasteiger partial charge in [0, 0.05) is 19.1 Å². The van der Waals surface area contributed by atoms with Gasteiger partial charge in [0.25, 0.3) is 0 Å². The zero-order valence-corrected chi connectivity index (χ0v) is 10.3. The van der Waals surface area contributed by atoms with Crippen LogP contribution in [-0.4, -0.2) is 12.6 Å². The Morgan fingerprint density at radius 3 is 2.56 bits per heavy atom. The summed E-state index contributed by atoms with van der Waals surface area (Å²) in [6.45, 7) is 7.42. The summed E-state index contributed by atoms with van der Waals surface area (Å²) in [4.78, 5) is 2.08. The molecule has 0 aliphatic heterocycles. The summed E-state index contributed by atoms with van der Waals surface area (Å²) in [6.07, 6.45) is 0.992. The zero-order valence-electron chi connectivity index (χ0n) is 10.3. The number of nitrogens with zero attached hydrogens (tertiary/aromatic N) is 1. The predicted molar refractivity (Wildman–Crippen MR) is 67.1 cm³/mol. The van der Waals surface area contributed by atoms with Crippen molar-refractivity contribution in [2.45, 2.75) is 39.8 Å². The van der Waals surface area contributed by atoms with Crippen LogP contribution in [0.15, 0.2) is 18.2 Å². The molecule has 2 nitrogen and oxygen atoms in total. The first-order chi connectivity index (χ1) is 7.65. The second-order valence-electron chi connectivity index (χ2n) is 3.99. The highest BCUT2D eigenvalue weighted by Crippen LogP contribution is 2.26. The maximum Gasteiger partial charge on any atom is 0.146 e. The standard InChI is InChI=1S/C13H21FN2/c1-4-10(3)16(5-2)13-11(9-15)7-6-8-12(13)14/h6-8,10H,4-5,9,15H2,1-3H3. The van der Waals surface area contributed by atoms with Crippen LogP contribution in [0.4, 0.5) is 10.1 Å². The van der Waals surface area contributed by atoms with Gasteiger partial charge in [-0.2, -0.15) is 0 Å². The second-order valence-corrected chi connectivity index (χ2v) is 3.99. The van der Waals surface area contributed by atoms with E-state index in [-0.39, 0.29) is 5.82 Å². The molecular formula is C13H21FN2. The first-order valence-corrected chi connectivity index (χ1v) is 5.89. The Kier molecular flexibility index (Phi) is 4.74. The van der Waals surface area contributed by atoms with Crippen LogP contribution >= 0.6 is 0 Å². The molecule has 1 unspecified atom stereocenters. The first kappa shape index (κ1) is 13.0. The minimum Gasteiger partial charge on any atom is -0.366 e. The van der Waals surface area contributed by atoms with Crippen LogP contribution < -0.4 is 10.6 Å². The van der Waals surface area contributed by atoms with Gasteiger partial charge >= 0.3 is 0 Å². The van der Waals surface area contributed by atoms with E-state index in [4.69, 9.17) is 5.73 Å². The van der Waals surface area contributed by atoms with Crippen molar-refractivity contribution in [1.82, 2.24) is 0 Å². The van der Waals surface area contributed by atoms with Crippen molar-refractivity contribution in [2.24, 2.45) is 5.73 Å². The lowest BCUT2D eigenvalue weighted by Gasteiger charge is -2.31. The average Bonchev–Trinajstić information content (AvgIpc) is 2.31. The molecule has 1 rings (SSSR count). The van der Waals surface area contributed by atoms with Crippen LogP contribution in [0, 0.1) is 5.82 Å². The largest absolute Gasteiger partial charge is 0.366 e. The Balaban J connectivity index is 3.17. The molecule has 3 heteroatoms. The van der Waals surface area contributed by atoms with Crippen LogP contribution in [0.2, 0.25) is 0 Å². The van der Waals surface area contributed by atoms with Crippen molar-refractivity contribution < 1.29 is 4.39 Å². The number of benzene rings is 1. The fraction of sp³-hybridized carbons (Fsp3) is 0.538. The highest BCUT2D eigenvalue weighted by molar-refractivity contribution is 5.55. The van der Waals surface area contributed by atoms with Crippen molar-refractivity contribution in [3.63, 3.8) is 0 Å². The third-order valence-electron chi connectivity index (χ3n) is 3.04. The van der Waals surface area contributed by atoms with E-state index < -0.39 is 0 Å². The number of hydrogen-bond acceptors (Lipinski definition) is 2. The van der Waals surface area contributed by atoms with Crippen LogP contribution in [0.1, 0.15) is 32.8 Å². The molecule has 0 fully saturated rings.